The van der Waals surface area contributed by atoms with Crippen LogP contribution in [-0.2, 0) is 6.42 Å². The average molecular weight is 310 g/mol. The first-order chi connectivity index (χ1) is 9.56. The SMILES string of the molecule is NC(CO)(CO)CCc1ccc(-c2csc(=S)[nH]2)cc1. The first-order valence-corrected chi connectivity index (χ1v) is 7.63. The minimum atomic E-state index is -0.906. The van der Waals surface area contributed by atoms with E-state index < -0.39 is 5.54 Å². The van der Waals surface area contributed by atoms with E-state index in [1.54, 1.807) is 0 Å². The summed E-state index contributed by atoms with van der Waals surface area (Å²) < 4.78 is 0.767. The van der Waals surface area contributed by atoms with Crippen molar-refractivity contribution in [2.75, 3.05) is 13.2 Å². The topological polar surface area (TPSA) is 82.3 Å². The quantitative estimate of drug-likeness (QED) is 0.616. The zero-order chi connectivity index (χ0) is 14.6. The number of benzene rings is 1. The molecule has 0 bridgehead atoms. The second-order valence-corrected chi connectivity index (χ2v) is 6.48. The molecule has 108 valence electrons. The summed E-state index contributed by atoms with van der Waals surface area (Å²) in [6.45, 7) is -0.430. The highest BCUT2D eigenvalue weighted by Crippen LogP contribution is 2.21. The third kappa shape index (κ3) is 3.74. The van der Waals surface area contributed by atoms with Gasteiger partial charge in [0.05, 0.1) is 24.4 Å². The van der Waals surface area contributed by atoms with Crippen molar-refractivity contribution < 1.29 is 10.2 Å². The maximum absolute atomic E-state index is 9.16. The number of aromatic amines is 1. The first kappa shape index (κ1) is 15.3. The number of nitrogens with two attached hydrogens (primary N) is 1. The van der Waals surface area contributed by atoms with Crippen LogP contribution in [0.4, 0.5) is 0 Å². The van der Waals surface area contributed by atoms with Crippen molar-refractivity contribution in [1.82, 2.24) is 4.98 Å². The molecule has 4 nitrogen and oxygen atoms in total. The smallest absolute Gasteiger partial charge is 0.158 e. The third-order valence-corrected chi connectivity index (χ3v) is 4.39. The van der Waals surface area contributed by atoms with E-state index in [9.17, 15) is 0 Å². The fraction of sp³-hybridized carbons (Fsp3) is 0.357. The molecule has 0 saturated carbocycles. The molecule has 5 N–H and O–H groups in total. The van der Waals surface area contributed by atoms with Crippen LogP contribution in [0.25, 0.3) is 11.3 Å². The molecule has 2 rings (SSSR count). The minimum absolute atomic E-state index is 0.215. The Labute approximate surface area is 126 Å². The molecule has 0 saturated heterocycles. The Bertz CT molecular complexity index is 600. The van der Waals surface area contributed by atoms with Crippen molar-refractivity contribution in [3.8, 4) is 11.3 Å². The van der Waals surface area contributed by atoms with Crippen LogP contribution in [-0.4, -0.2) is 33.9 Å². The second kappa shape index (κ2) is 6.60. The molecular formula is C14H18N2O2S2. The lowest BCUT2D eigenvalue weighted by Gasteiger charge is -2.24. The van der Waals surface area contributed by atoms with E-state index in [0.29, 0.717) is 6.42 Å². The van der Waals surface area contributed by atoms with E-state index in [1.807, 2.05) is 29.6 Å². The van der Waals surface area contributed by atoms with Gasteiger partial charge in [0.25, 0.3) is 0 Å². The lowest BCUT2D eigenvalue weighted by molar-refractivity contribution is 0.115. The standard InChI is InChI=1S/C14H18N2O2S2/c15-14(8-17,9-18)6-5-10-1-3-11(4-2-10)12-7-20-13(19)16-12/h1-4,7,17-18H,5-6,8-9,15H2,(H,16,19). The maximum Gasteiger partial charge on any atom is 0.158 e. The summed E-state index contributed by atoms with van der Waals surface area (Å²) in [7, 11) is 0. The Balaban J connectivity index is 2.04. The number of aliphatic hydroxyl groups excluding tert-OH is 2. The number of aryl methyl sites for hydroxylation is 1. The molecule has 6 heteroatoms. The van der Waals surface area contributed by atoms with E-state index in [2.05, 4.69) is 4.98 Å². The van der Waals surface area contributed by atoms with Crippen molar-refractivity contribution in [2.24, 2.45) is 5.73 Å². The zero-order valence-electron chi connectivity index (χ0n) is 11.0. The summed E-state index contributed by atoms with van der Waals surface area (Å²) in [4.78, 5) is 3.13. The van der Waals surface area contributed by atoms with Gasteiger partial charge in [-0.3, -0.25) is 0 Å². The second-order valence-electron chi connectivity index (χ2n) is 4.94. The van der Waals surface area contributed by atoms with Gasteiger partial charge in [0, 0.05) is 5.38 Å². The minimum Gasteiger partial charge on any atom is -0.394 e. The van der Waals surface area contributed by atoms with Gasteiger partial charge in [0.2, 0.25) is 0 Å². The van der Waals surface area contributed by atoms with E-state index in [1.165, 1.54) is 11.3 Å². The molecule has 2 aromatic rings. The normalized spacial score (nSPS) is 11.8. The molecule has 0 radical (unpaired) electrons. The molecule has 0 amide bonds. The lowest BCUT2D eigenvalue weighted by Crippen LogP contribution is -2.47. The number of hydrogen-bond acceptors (Lipinski definition) is 5. The third-order valence-electron chi connectivity index (χ3n) is 3.33. The number of hydrogen-bond donors (Lipinski definition) is 4. The van der Waals surface area contributed by atoms with Gasteiger partial charge >= 0.3 is 0 Å². The predicted molar refractivity (Wildman–Crippen MR) is 84.4 cm³/mol. The largest absolute Gasteiger partial charge is 0.394 e. The molecule has 0 aliphatic rings. The van der Waals surface area contributed by atoms with Crippen LogP contribution in [0.1, 0.15) is 12.0 Å². The van der Waals surface area contributed by atoms with Crippen molar-refractivity contribution in [2.45, 2.75) is 18.4 Å². The zero-order valence-corrected chi connectivity index (χ0v) is 12.6. The molecular weight excluding hydrogens is 292 g/mol. The van der Waals surface area contributed by atoms with E-state index >= 15 is 0 Å². The molecule has 0 aliphatic carbocycles. The lowest BCUT2D eigenvalue weighted by atomic mass is 9.93. The Morgan fingerprint density at radius 2 is 1.85 bits per heavy atom. The van der Waals surface area contributed by atoms with Crippen LogP contribution in [0, 0.1) is 3.95 Å². The fourth-order valence-corrected chi connectivity index (χ4v) is 2.72. The monoisotopic (exact) mass is 310 g/mol. The Morgan fingerprint density at radius 1 is 1.20 bits per heavy atom. The van der Waals surface area contributed by atoms with Crippen LogP contribution >= 0.6 is 23.6 Å². The molecule has 0 atom stereocenters. The summed E-state index contributed by atoms with van der Waals surface area (Å²) in [5, 5.41) is 20.3. The summed E-state index contributed by atoms with van der Waals surface area (Å²) in [5.74, 6) is 0. The first-order valence-electron chi connectivity index (χ1n) is 6.34. The van der Waals surface area contributed by atoms with Crippen LogP contribution in [0.3, 0.4) is 0 Å². The summed E-state index contributed by atoms with van der Waals surface area (Å²) in [6, 6.07) is 8.11. The number of nitrogens with one attached hydrogen (secondary N) is 1. The van der Waals surface area contributed by atoms with Gasteiger partial charge in [-0.1, -0.05) is 24.3 Å². The van der Waals surface area contributed by atoms with E-state index in [0.717, 1.165) is 27.2 Å². The van der Waals surface area contributed by atoms with Gasteiger partial charge in [-0.05, 0) is 36.2 Å². The maximum atomic E-state index is 9.16. The van der Waals surface area contributed by atoms with Gasteiger partial charge < -0.3 is 20.9 Å². The van der Waals surface area contributed by atoms with Crippen LogP contribution < -0.4 is 5.73 Å². The number of rotatable bonds is 6. The summed E-state index contributed by atoms with van der Waals surface area (Å²) in [6.07, 6.45) is 1.26. The molecule has 1 aromatic heterocycles. The van der Waals surface area contributed by atoms with Crippen LogP contribution in [0.2, 0.25) is 0 Å². The van der Waals surface area contributed by atoms with Crippen molar-refractivity contribution in [3.05, 3.63) is 39.2 Å². The van der Waals surface area contributed by atoms with E-state index in [-0.39, 0.29) is 13.2 Å². The van der Waals surface area contributed by atoms with Gasteiger partial charge in [-0.25, -0.2) is 0 Å². The molecule has 1 aromatic carbocycles. The molecule has 20 heavy (non-hydrogen) atoms. The predicted octanol–water partition coefficient (Wildman–Crippen LogP) is 2.09. The number of thiazole rings is 1. The molecule has 0 aliphatic heterocycles. The Kier molecular flexibility index (Phi) is 5.06. The molecule has 0 fully saturated rings. The molecule has 0 unspecified atom stereocenters. The van der Waals surface area contributed by atoms with Crippen LogP contribution in [0.5, 0.6) is 0 Å². The van der Waals surface area contributed by atoms with Gasteiger partial charge in [0.15, 0.2) is 3.95 Å². The molecule has 0 spiro atoms. The highest BCUT2D eigenvalue weighted by atomic mass is 32.1. The fourth-order valence-electron chi connectivity index (χ4n) is 1.87. The number of aromatic nitrogens is 1. The highest BCUT2D eigenvalue weighted by Gasteiger charge is 2.22. The van der Waals surface area contributed by atoms with Gasteiger partial charge in [-0.2, -0.15) is 0 Å². The van der Waals surface area contributed by atoms with Crippen molar-refractivity contribution >= 4 is 23.6 Å². The number of aliphatic hydroxyl groups is 2. The summed E-state index contributed by atoms with van der Waals surface area (Å²) >= 11 is 6.58. The van der Waals surface area contributed by atoms with Crippen molar-refractivity contribution in [3.63, 3.8) is 0 Å². The van der Waals surface area contributed by atoms with Gasteiger partial charge in [0.1, 0.15) is 0 Å². The molecule has 1 heterocycles. The Hall–Kier alpha value is -1.05. The number of H-pyrrole nitrogens is 1. The Morgan fingerprint density at radius 3 is 2.35 bits per heavy atom. The van der Waals surface area contributed by atoms with E-state index in [4.69, 9.17) is 28.2 Å². The van der Waals surface area contributed by atoms with Gasteiger partial charge in [-0.15, -0.1) is 11.3 Å². The highest BCUT2D eigenvalue weighted by molar-refractivity contribution is 7.73. The summed E-state index contributed by atoms with van der Waals surface area (Å²) in [5.41, 5.74) is 8.18. The van der Waals surface area contributed by atoms with Crippen molar-refractivity contribution in [1.29, 1.82) is 0 Å². The van der Waals surface area contributed by atoms with Crippen LogP contribution in [0.15, 0.2) is 29.6 Å². The average Bonchev–Trinajstić information content (AvgIpc) is 2.92.